The molecule has 0 saturated carbocycles. The quantitative estimate of drug-likeness (QED) is 0.0923. The molecular weight excluding hydrogens is 785 g/mol. The summed E-state index contributed by atoms with van der Waals surface area (Å²) in [7, 11) is 0. The molecule has 14 nitrogen and oxygen atoms in total. The molecule has 8 aromatic rings. The monoisotopic (exact) mass is 824 g/mol. The van der Waals surface area contributed by atoms with Gasteiger partial charge in [0, 0.05) is 70.5 Å². The molecule has 2 aromatic heterocycles. The van der Waals surface area contributed by atoms with Crippen LogP contribution in [0.1, 0.15) is 11.1 Å². The van der Waals surface area contributed by atoms with Crippen LogP contribution in [0.15, 0.2) is 158 Å². The second-order valence-corrected chi connectivity index (χ2v) is 14.0. The summed E-state index contributed by atoms with van der Waals surface area (Å²) in [5.74, 6) is 8.27. The van der Waals surface area contributed by atoms with E-state index in [0.29, 0.717) is 35.0 Å². The Morgan fingerprint density at radius 1 is 0.403 bits per heavy atom. The molecule has 308 valence electrons. The molecule has 4 heterocycles. The molecule has 0 unspecified atom stereocenters. The third-order valence-electron chi connectivity index (χ3n) is 9.35. The molecule has 0 bridgehead atoms. The van der Waals surface area contributed by atoms with E-state index in [2.05, 4.69) is 41.2 Å². The number of fused-ring (bicyclic) bond motifs is 2. The van der Waals surface area contributed by atoms with E-state index in [9.17, 15) is 0 Å². The molecule has 2 aliphatic rings. The summed E-state index contributed by atoms with van der Waals surface area (Å²) in [6, 6.07) is 46.0. The average molecular weight is 825 g/mol. The van der Waals surface area contributed by atoms with Crippen molar-refractivity contribution in [3.8, 4) is 46.0 Å². The van der Waals surface area contributed by atoms with Gasteiger partial charge in [-0.1, -0.05) is 48.5 Å². The molecule has 4 N–H and O–H groups in total. The van der Waals surface area contributed by atoms with Gasteiger partial charge in [-0.05, 0) is 86.6 Å². The van der Waals surface area contributed by atoms with Crippen LogP contribution in [0.2, 0.25) is 0 Å². The second-order valence-electron chi connectivity index (χ2n) is 14.0. The molecule has 0 amide bonds. The zero-order valence-electron chi connectivity index (χ0n) is 33.7. The lowest BCUT2D eigenvalue weighted by molar-refractivity contribution is 0.173. The Labute approximate surface area is 357 Å². The molecule has 0 saturated heterocycles. The third kappa shape index (κ3) is 9.84. The Morgan fingerprint density at radius 3 is 1.29 bits per heavy atom. The first-order chi connectivity index (χ1) is 30.5. The summed E-state index contributed by atoms with van der Waals surface area (Å²) < 4.78 is 33.4. The standard InChI is InChI=1S/2C24H20N4O3/c1-16-14-25-24(28-23(16)26-18-10-11-21-22(13-18)30-15-29-21)27-17-6-5-9-20(12-17)31-19-7-3-2-4-8-19;1-16-14-25-24(27-18-10-11-21-22(13-18)30-15-29-21)28-23(16)26-17-6-5-9-20(12-17)31-19-7-3-2-4-8-19/h2*2-14H,15H2,1H3,(H2,25,26,27,28). The van der Waals surface area contributed by atoms with Gasteiger partial charge >= 0.3 is 0 Å². The zero-order chi connectivity index (χ0) is 42.1. The minimum absolute atomic E-state index is 0.237. The number of para-hydroxylation sites is 2. The molecular formula is C48H40N8O6. The fourth-order valence-electron chi connectivity index (χ4n) is 6.26. The van der Waals surface area contributed by atoms with Crippen molar-refractivity contribution in [3.63, 3.8) is 0 Å². The number of nitrogens with zero attached hydrogens (tertiary/aromatic N) is 4. The van der Waals surface area contributed by atoms with Crippen molar-refractivity contribution < 1.29 is 28.4 Å². The molecule has 0 spiro atoms. The lowest BCUT2D eigenvalue weighted by atomic mass is 10.2. The Kier molecular flexibility index (Phi) is 11.4. The molecule has 2 aliphatic heterocycles. The fourth-order valence-corrected chi connectivity index (χ4v) is 6.26. The SMILES string of the molecule is Cc1cnc(Nc2ccc3c(c2)OCO3)nc1Nc1cccc(Oc2ccccc2)c1.Cc1cnc(Nc2cccc(Oc3ccccc3)c2)nc1Nc1ccc2c(c1)OCO2. The summed E-state index contributed by atoms with van der Waals surface area (Å²) in [5, 5.41) is 13.1. The highest BCUT2D eigenvalue weighted by molar-refractivity contribution is 5.67. The predicted octanol–water partition coefficient (Wildman–Crippen LogP) is 11.6. The first kappa shape index (κ1) is 39.0. The van der Waals surface area contributed by atoms with Gasteiger partial charge in [0.25, 0.3) is 0 Å². The summed E-state index contributed by atoms with van der Waals surface area (Å²) in [6.45, 7) is 4.39. The zero-order valence-corrected chi connectivity index (χ0v) is 33.7. The first-order valence-electron chi connectivity index (χ1n) is 19.7. The largest absolute Gasteiger partial charge is 0.457 e. The summed E-state index contributed by atoms with van der Waals surface area (Å²) in [4.78, 5) is 18.0. The van der Waals surface area contributed by atoms with Gasteiger partial charge in [0.2, 0.25) is 25.5 Å². The van der Waals surface area contributed by atoms with E-state index in [-0.39, 0.29) is 13.6 Å². The van der Waals surface area contributed by atoms with Gasteiger partial charge < -0.3 is 49.7 Å². The number of benzene rings is 6. The predicted molar refractivity (Wildman–Crippen MR) is 238 cm³/mol. The lowest BCUT2D eigenvalue weighted by Gasteiger charge is -2.12. The van der Waals surface area contributed by atoms with Crippen LogP contribution in [0.5, 0.6) is 46.0 Å². The van der Waals surface area contributed by atoms with Crippen LogP contribution in [0.25, 0.3) is 0 Å². The van der Waals surface area contributed by atoms with Crippen LogP contribution in [0, 0.1) is 13.8 Å². The molecule has 10 rings (SSSR count). The van der Waals surface area contributed by atoms with Crippen molar-refractivity contribution in [2.45, 2.75) is 13.8 Å². The summed E-state index contributed by atoms with van der Waals surface area (Å²) in [5.41, 5.74) is 5.21. The number of aromatic nitrogens is 4. The Balaban J connectivity index is 0.000000158. The van der Waals surface area contributed by atoms with Crippen LogP contribution in [-0.4, -0.2) is 33.5 Å². The van der Waals surface area contributed by atoms with Crippen molar-refractivity contribution >= 4 is 46.3 Å². The summed E-state index contributed by atoms with van der Waals surface area (Å²) in [6.07, 6.45) is 3.55. The number of anilines is 8. The van der Waals surface area contributed by atoms with Crippen LogP contribution in [0.4, 0.5) is 46.3 Å². The van der Waals surface area contributed by atoms with Crippen molar-refractivity contribution in [3.05, 3.63) is 169 Å². The maximum absolute atomic E-state index is 5.92. The molecule has 0 atom stereocenters. The van der Waals surface area contributed by atoms with Crippen LogP contribution in [0.3, 0.4) is 0 Å². The van der Waals surface area contributed by atoms with Crippen molar-refractivity contribution in [2.75, 3.05) is 34.9 Å². The Morgan fingerprint density at radius 2 is 0.806 bits per heavy atom. The number of ether oxygens (including phenoxy) is 6. The fraction of sp³-hybridized carbons (Fsp3) is 0.0833. The first-order valence-corrected chi connectivity index (χ1v) is 19.7. The van der Waals surface area contributed by atoms with Crippen molar-refractivity contribution in [1.82, 2.24) is 19.9 Å². The molecule has 0 aliphatic carbocycles. The number of hydrogen-bond acceptors (Lipinski definition) is 14. The molecule has 6 aromatic carbocycles. The van der Waals surface area contributed by atoms with E-state index in [1.54, 1.807) is 12.4 Å². The normalized spacial score (nSPS) is 11.8. The molecule has 62 heavy (non-hydrogen) atoms. The van der Waals surface area contributed by atoms with Gasteiger partial charge in [-0.2, -0.15) is 9.97 Å². The maximum Gasteiger partial charge on any atom is 0.231 e. The van der Waals surface area contributed by atoms with E-state index in [1.165, 1.54) is 0 Å². The topological polar surface area (TPSA) is 155 Å². The lowest BCUT2D eigenvalue weighted by Crippen LogP contribution is -2.03. The highest BCUT2D eigenvalue weighted by Crippen LogP contribution is 2.37. The van der Waals surface area contributed by atoms with E-state index < -0.39 is 0 Å². The van der Waals surface area contributed by atoms with Gasteiger partial charge in [0.1, 0.15) is 34.6 Å². The number of hydrogen-bond donors (Lipinski definition) is 4. The van der Waals surface area contributed by atoms with Gasteiger partial charge in [-0.25, -0.2) is 9.97 Å². The van der Waals surface area contributed by atoms with Gasteiger partial charge in [0.05, 0.1) is 0 Å². The minimum Gasteiger partial charge on any atom is -0.457 e. The van der Waals surface area contributed by atoms with Gasteiger partial charge in [0.15, 0.2) is 23.0 Å². The molecule has 0 radical (unpaired) electrons. The second kappa shape index (κ2) is 18.2. The van der Waals surface area contributed by atoms with Crippen LogP contribution < -0.4 is 49.7 Å². The number of rotatable bonds is 12. The third-order valence-corrected chi connectivity index (χ3v) is 9.35. The Hall–Kier alpha value is -8.52. The van der Waals surface area contributed by atoms with Gasteiger partial charge in [-0.15, -0.1) is 0 Å². The van der Waals surface area contributed by atoms with E-state index in [0.717, 1.165) is 68.4 Å². The van der Waals surface area contributed by atoms with Crippen LogP contribution in [-0.2, 0) is 0 Å². The Bertz CT molecular complexity index is 2810. The van der Waals surface area contributed by atoms with Crippen molar-refractivity contribution in [2.24, 2.45) is 0 Å². The smallest absolute Gasteiger partial charge is 0.231 e. The molecule has 14 heteroatoms. The van der Waals surface area contributed by atoms with Gasteiger partial charge in [-0.3, -0.25) is 0 Å². The van der Waals surface area contributed by atoms with Crippen molar-refractivity contribution in [1.29, 1.82) is 0 Å². The molecule has 0 fully saturated rings. The number of aryl methyl sites for hydroxylation is 2. The van der Waals surface area contributed by atoms with Crippen LogP contribution >= 0.6 is 0 Å². The average Bonchev–Trinajstić information content (AvgIpc) is 3.97. The van der Waals surface area contributed by atoms with E-state index in [4.69, 9.17) is 28.4 Å². The minimum atomic E-state index is 0.237. The van der Waals surface area contributed by atoms with E-state index >= 15 is 0 Å². The highest BCUT2D eigenvalue weighted by Gasteiger charge is 2.16. The maximum atomic E-state index is 5.92. The number of nitrogens with one attached hydrogen (secondary N) is 4. The summed E-state index contributed by atoms with van der Waals surface area (Å²) >= 11 is 0. The van der Waals surface area contributed by atoms with E-state index in [1.807, 2.05) is 159 Å². The highest BCUT2D eigenvalue weighted by atomic mass is 16.7.